The summed E-state index contributed by atoms with van der Waals surface area (Å²) in [5, 5.41) is 9.39. The second-order valence-corrected chi connectivity index (χ2v) is 10.1. The third kappa shape index (κ3) is 4.97. The molecule has 37 heavy (non-hydrogen) atoms. The van der Waals surface area contributed by atoms with E-state index in [0.29, 0.717) is 28.0 Å². The minimum Gasteiger partial charge on any atom is -0.466 e. The summed E-state index contributed by atoms with van der Waals surface area (Å²) in [6.07, 6.45) is -1.53. The average Bonchev–Trinajstić information content (AvgIpc) is 3.43. The van der Waals surface area contributed by atoms with E-state index in [2.05, 4.69) is 6.07 Å². The highest BCUT2D eigenvalue weighted by Gasteiger charge is 2.31. The van der Waals surface area contributed by atoms with E-state index in [1.807, 2.05) is 0 Å². The number of hydrogen-bond acceptors (Lipinski definition) is 5. The summed E-state index contributed by atoms with van der Waals surface area (Å²) in [6.45, 7) is 3.74. The molecular weight excluding hydrogens is 507 g/mol. The van der Waals surface area contributed by atoms with Crippen LogP contribution in [0.1, 0.15) is 40.6 Å². The molecular formula is C26H22F3N3O4S. The minimum atomic E-state index is -4.59. The third-order valence-corrected chi connectivity index (χ3v) is 7.81. The molecule has 3 aromatic heterocycles. The molecule has 4 rings (SSSR count). The first kappa shape index (κ1) is 26.0. The summed E-state index contributed by atoms with van der Waals surface area (Å²) < 4.78 is 73.3. The number of rotatable bonds is 7. The lowest BCUT2D eigenvalue weighted by atomic mass is 10.1. The fourth-order valence-corrected chi connectivity index (χ4v) is 5.63. The molecule has 0 unspecified atom stereocenters. The number of aromatic nitrogens is 2. The molecule has 0 aliphatic heterocycles. The molecule has 0 saturated heterocycles. The van der Waals surface area contributed by atoms with Gasteiger partial charge in [-0.1, -0.05) is 0 Å². The number of halogens is 3. The number of nitrogens with zero attached hydrogens (tertiary/aromatic N) is 3. The Hall–Kier alpha value is -4.04. The normalized spacial score (nSPS) is 12.0. The van der Waals surface area contributed by atoms with Crippen LogP contribution in [0, 0.1) is 18.3 Å². The summed E-state index contributed by atoms with van der Waals surface area (Å²) >= 11 is 0. The van der Waals surface area contributed by atoms with Gasteiger partial charge in [0.15, 0.2) is 0 Å². The van der Waals surface area contributed by atoms with Crippen molar-refractivity contribution in [3.8, 4) is 6.07 Å². The van der Waals surface area contributed by atoms with Crippen LogP contribution in [-0.4, -0.2) is 29.4 Å². The van der Waals surface area contributed by atoms with E-state index in [-0.39, 0.29) is 24.3 Å². The highest BCUT2D eigenvalue weighted by molar-refractivity contribution is 7.90. The maximum Gasteiger partial charge on any atom is 0.416 e. The summed E-state index contributed by atoms with van der Waals surface area (Å²) in [6, 6.07) is 11.9. The van der Waals surface area contributed by atoms with Crippen molar-refractivity contribution in [3.63, 3.8) is 0 Å². The number of esters is 1. The molecule has 11 heteroatoms. The smallest absolute Gasteiger partial charge is 0.416 e. The Kier molecular flexibility index (Phi) is 6.88. The molecule has 0 atom stereocenters. The van der Waals surface area contributed by atoms with Gasteiger partial charge in [0.05, 0.1) is 29.1 Å². The Labute approximate surface area is 211 Å². The van der Waals surface area contributed by atoms with Crippen LogP contribution in [0.2, 0.25) is 0 Å². The standard InChI is InChI=1S/C26H22F3N3O4S/c1-3-36-25(33)14-22-17(2)24(31-16-18(15-30)6-11-23(22)31)13-20-5-4-12-32(20)37(34,35)21-9-7-19(8-10-21)26(27,28)29/h4-12,16H,3,13-14H2,1-2H3. The first-order valence-corrected chi connectivity index (χ1v) is 12.7. The second kappa shape index (κ2) is 9.78. The number of fused-ring (bicyclic) bond motifs is 1. The molecule has 0 fully saturated rings. The van der Waals surface area contributed by atoms with Crippen LogP contribution in [0.3, 0.4) is 0 Å². The van der Waals surface area contributed by atoms with Gasteiger partial charge in [-0.25, -0.2) is 12.4 Å². The maximum atomic E-state index is 13.3. The summed E-state index contributed by atoms with van der Waals surface area (Å²) in [4.78, 5) is 12.0. The van der Waals surface area contributed by atoms with Crippen LogP contribution in [-0.2, 0) is 38.6 Å². The minimum absolute atomic E-state index is 0.0000613. The van der Waals surface area contributed by atoms with Crippen LogP contribution in [0.15, 0.2) is 65.8 Å². The molecule has 0 spiro atoms. The summed E-state index contributed by atoms with van der Waals surface area (Å²) in [5.74, 6) is -0.415. The van der Waals surface area contributed by atoms with Crippen LogP contribution in [0.4, 0.5) is 13.2 Å². The molecule has 192 valence electrons. The predicted octanol–water partition coefficient (Wildman–Crippen LogP) is 4.87. The summed E-state index contributed by atoms with van der Waals surface area (Å²) in [7, 11) is -4.19. The van der Waals surface area contributed by atoms with Gasteiger partial charge in [-0.3, -0.25) is 4.79 Å². The van der Waals surface area contributed by atoms with Gasteiger partial charge in [0.25, 0.3) is 10.0 Å². The van der Waals surface area contributed by atoms with Gasteiger partial charge in [-0.05, 0) is 73.5 Å². The molecule has 0 N–H and O–H groups in total. The van der Waals surface area contributed by atoms with Crippen molar-refractivity contribution in [2.24, 2.45) is 0 Å². The zero-order valence-corrected chi connectivity index (χ0v) is 20.7. The van der Waals surface area contributed by atoms with Crippen LogP contribution >= 0.6 is 0 Å². The molecule has 0 saturated carbocycles. The van der Waals surface area contributed by atoms with Crippen molar-refractivity contribution in [2.45, 2.75) is 37.8 Å². The number of nitriles is 1. The van der Waals surface area contributed by atoms with E-state index < -0.39 is 27.7 Å². The van der Waals surface area contributed by atoms with Crippen molar-refractivity contribution in [1.82, 2.24) is 8.37 Å². The van der Waals surface area contributed by atoms with Gasteiger partial charge in [0.2, 0.25) is 0 Å². The van der Waals surface area contributed by atoms with Crippen LogP contribution < -0.4 is 0 Å². The number of ether oxygens (including phenoxy) is 1. The predicted molar refractivity (Wildman–Crippen MR) is 128 cm³/mol. The van der Waals surface area contributed by atoms with Gasteiger partial charge in [0, 0.05) is 35.7 Å². The molecule has 0 radical (unpaired) electrons. The van der Waals surface area contributed by atoms with Gasteiger partial charge in [0.1, 0.15) is 6.07 Å². The van der Waals surface area contributed by atoms with Crippen molar-refractivity contribution < 1.29 is 31.1 Å². The zero-order valence-electron chi connectivity index (χ0n) is 19.9. The quantitative estimate of drug-likeness (QED) is 0.319. The van der Waals surface area contributed by atoms with Crippen LogP contribution in [0.5, 0.6) is 0 Å². The first-order valence-electron chi connectivity index (χ1n) is 11.2. The van der Waals surface area contributed by atoms with Crippen LogP contribution in [0.25, 0.3) is 5.52 Å². The fraction of sp³-hybridized carbons (Fsp3) is 0.231. The lowest BCUT2D eigenvalue weighted by molar-refractivity contribution is -0.142. The average molecular weight is 530 g/mol. The number of carbonyl (C=O) groups is 1. The van der Waals surface area contributed by atoms with E-state index in [1.54, 1.807) is 42.6 Å². The first-order chi connectivity index (χ1) is 17.5. The molecule has 0 aliphatic rings. The van der Waals surface area contributed by atoms with Gasteiger partial charge < -0.3 is 9.14 Å². The van der Waals surface area contributed by atoms with Gasteiger partial charge >= 0.3 is 12.1 Å². The third-order valence-electron chi connectivity index (χ3n) is 6.07. The SMILES string of the molecule is CCOC(=O)Cc1c(C)c(Cc2cccn2S(=O)(=O)c2ccc(C(F)(F)F)cc2)n2cc(C#N)ccc12. The zero-order chi connectivity index (χ0) is 27.0. The molecule has 0 bridgehead atoms. The monoisotopic (exact) mass is 529 g/mol. The highest BCUT2D eigenvalue weighted by Crippen LogP contribution is 2.31. The van der Waals surface area contributed by atoms with E-state index in [4.69, 9.17) is 4.74 Å². The number of pyridine rings is 1. The number of benzene rings is 1. The number of carbonyl (C=O) groups excluding carboxylic acids is 1. The van der Waals surface area contributed by atoms with Crippen molar-refractivity contribution >= 4 is 21.5 Å². The maximum absolute atomic E-state index is 13.3. The Morgan fingerprint density at radius 3 is 2.43 bits per heavy atom. The Morgan fingerprint density at radius 1 is 1.11 bits per heavy atom. The molecule has 0 amide bonds. The molecule has 0 aliphatic carbocycles. The Morgan fingerprint density at radius 2 is 1.81 bits per heavy atom. The summed E-state index contributed by atoms with van der Waals surface area (Å²) in [5.41, 5.74) is 2.56. The second-order valence-electron chi connectivity index (χ2n) is 8.32. The molecule has 3 heterocycles. The fourth-order valence-electron chi connectivity index (χ4n) is 4.25. The lowest BCUT2D eigenvalue weighted by Gasteiger charge is -2.13. The van der Waals surface area contributed by atoms with Gasteiger partial charge in [-0.15, -0.1) is 0 Å². The Balaban J connectivity index is 1.78. The van der Waals surface area contributed by atoms with Gasteiger partial charge in [-0.2, -0.15) is 18.4 Å². The van der Waals surface area contributed by atoms with E-state index in [1.165, 1.54) is 12.3 Å². The molecule has 7 nitrogen and oxygen atoms in total. The Bertz CT molecular complexity index is 1630. The topological polar surface area (TPSA) is 93.6 Å². The number of alkyl halides is 3. The highest BCUT2D eigenvalue weighted by atomic mass is 32.2. The molecule has 4 aromatic rings. The largest absolute Gasteiger partial charge is 0.466 e. The van der Waals surface area contributed by atoms with E-state index in [9.17, 15) is 31.6 Å². The van der Waals surface area contributed by atoms with E-state index in [0.717, 1.165) is 33.8 Å². The van der Waals surface area contributed by atoms with Crippen molar-refractivity contribution in [1.29, 1.82) is 5.26 Å². The van der Waals surface area contributed by atoms with Crippen molar-refractivity contribution in [3.05, 3.63) is 94.6 Å². The van der Waals surface area contributed by atoms with Crippen molar-refractivity contribution in [2.75, 3.05) is 6.61 Å². The lowest BCUT2D eigenvalue weighted by Crippen LogP contribution is -2.16. The number of hydrogen-bond donors (Lipinski definition) is 0. The van der Waals surface area contributed by atoms with E-state index >= 15 is 0 Å². The molecule has 1 aromatic carbocycles.